The van der Waals surface area contributed by atoms with E-state index in [-0.39, 0.29) is 18.2 Å². The Bertz CT molecular complexity index is 1180. The van der Waals surface area contributed by atoms with Gasteiger partial charge in [-0.25, -0.2) is 0 Å². The third kappa shape index (κ3) is 5.01. The largest absolute Gasteiger partial charge is 0.338 e. The highest BCUT2D eigenvalue weighted by Gasteiger charge is 2.38. The molecule has 4 nitrogen and oxygen atoms in total. The van der Waals surface area contributed by atoms with Crippen molar-refractivity contribution in [1.29, 1.82) is 0 Å². The van der Waals surface area contributed by atoms with Crippen molar-refractivity contribution in [3.63, 3.8) is 0 Å². The number of benzene rings is 4. The standard InChI is InChI=1S/C29H26N2O2/c1-22-13-11-12-20-26(22)30-27(32)21-29(24-16-7-3-8-17-24,25-18-9-4-10-19-25)31-28(33)23-14-5-2-6-15-23/h2-20H,21H2,1H3,(H,30,32)(H,31,33). The summed E-state index contributed by atoms with van der Waals surface area (Å²) >= 11 is 0. The smallest absolute Gasteiger partial charge is 0.252 e. The molecule has 0 saturated carbocycles. The second-order valence-corrected chi connectivity index (χ2v) is 8.00. The van der Waals surface area contributed by atoms with Crippen LogP contribution < -0.4 is 10.6 Å². The van der Waals surface area contributed by atoms with Crippen molar-refractivity contribution in [2.75, 3.05) is 5.32 Å². The molecule has 0 spiro atoms. The van der Waals surface area contributed by atoms with E-state index in [1.54, 1.807) is 12.1 Å². The summed E-state index contributed by atoms with van der Waals surface area (Å²) in [6.45, 7) is 1.95. The molecule has 0 aliphatic heterocycles. The van der Waals surface area contributed by atoms with Crippen LogP contribution in [0.15, 0.2) is 115 Å². The highest BCUT2D eigenvalue weighted by Crippen LogP contribution is 2.34. The molecule has 164 valence electrons. The Morgan fingerprint density at radius 2 is 1.15 bits per heavy atom. The molecule has 0 heterocycles. The van der Waals surface area contributed by atoms with E-state index < -0.39 is 5.54 Å². The molecular weight excluding hydrogens is 408 g/mol. The van der Waals surface area contributed by atoms with Crippen LogP contribution in [0, 0.1) is 6.92 Å². The van der Waals surface area contributed by atoms with E-state index in [0.717, 1.165) is 22.4 Å². The van der Waals surface area contributed by atoms with Gasteiger partial charge in [-0.1, -0.05) is 97.1 Å². The van der Waals surface area contributed by atoms with E-state index >= 15 is 0 Å². The summed E-state index contributed by atoms with van der Waals surface area (Å²) in [7, 11) is 0. The lowest BCUT2D eigenvalue weighted by Gasteiger charge is -2.36. The van der Waals surface area contributed by atoms with Gasteiger partial charge in [-0.15, -0.1) is 0 Å². The minimum absolute atomic E-state index is 0.0356. The lowest BCUT2D eigenvalue weighted by Crippen LogP contribution is -2.49. The molecule has 0 bridgehead atoms. The molecule has 4 rings (SSSR count). The van der Waals surface area contributed by atoms with E-state index in [9.17, 15) is 9.59 Å². The number of hydrogen-bond donors (Lipinski definition) is 2. The number of aryl methyl sites for hydroxylation is 1. The Morgan fingerprint density at radius 1 is 0.667 bits per heavy atom. The van der Waals surface area contributed by atoms with Gasteiger partial charge in [-0.3, -0.25) is 9.59 Å². The lowest BCUT2D eigenvalue weighted by atomic mass is 9.79. The topological polar surface area (TPSA) is 58.2 Å². The molecule has 0 unspecified atom stereocenters. The summed E-state index contributed by atoms with van der Waals surface area (Å²) < 4.78 is 0. The quantitative estimate of drug-likeness (QED) is 0.392. The molecule has 4 aromatic rings. The van der Waals surface area contributed by atoms with Gasteiger partial charge in [0.05, 0.1) is 12.0 Å². The van der Waals surface area contributed by atoms with Gasteiger partial charge in [0.25, 0.3) is 5.91 Å². The van der Waals surface area contributed by atoms with Gasteiger partial charge in [0.15, 0.2) is 0 Å². The molecule has 4 aromatic carbocycles. The number of anilines is 1. The van der Waals surface area contributed by atoms with E-state index in [0.29, 0.717) is 5.56 Å². The van der Waals surface area contributed by atoms with Gasteiger partial charge < -0.3 is 10.6 Å². The zero-order chi connectivity index (χ0) is 23.1. The molecule has 0 saturated heterocycles. The van der Waals surface area contributed by atoms with E-state index in [1.807, 2.05) is 110 Å². The van der Waals surface area contributed by atoms with Crippen LogP contribution in [0.1, 0.15) is 33.5 Å². The van der Waals surface area contributed by atoms with Crippen molar-refractivity contribution in [2.24, 2.45) is 0 Å². The van der Waals surface area contributed by atoms with Gasteiger partial charge in [-0.2, -0.15) is 0 Å². The number of para-hydroxylation sites is 1. The van der Waals surface area contributed by atoms with Crippen molar-refractivity contribution < 1.29 is 9.59 Å². The molecule has 4 heteroatoms. The average molecular weight is 435 g/mol. The monoisotopic (exact) mass is 434 g/mol. The maximum absolute atomic E-state index is 13.4. The van der Waals surface area contributed by atoms with Crippen LogP contribution in [-0.2, 0) is 10.3 Å². The van der Waals surface area contributed by atoms with E-state index in [4.69, 9.17) is 0 Å². The Hall–Kier alpha value is -4.18. The Morgan fingerprint density at radius 3 is 1.70 bits per heavy atom. The van der Waals surface area contributed by atoms with Gasteiger partial charge in [0.2, 0.25) is 5.91 Å². The molecule has 2 N–H and O–H groups in total. The maximum atomic E-state index is 13.4. The minimum atomic E-state index is -1.05. The first-order chi connectivity index (χ1) is 16.1. The van der Waals surface area contributed by atoms with Crippen LogP contribution >= 0.6 is 0 Å². The summed E-state index contributed by atoms with van der Waals surface area (Å²) in [4.78, 5) is 26.7. The Labute approximate surface area is 194 Å². The SMILES string of the molecule is Cc1ccccc1NC(=O)CC(NC(=O)c1ccccc1)(c1ccccc1)c1ccccc1. The first-order valence-corrected chi connectivity index (χ1v) is 10.9. The minimum Gasteiger partial charge on any atom is -0.338 e. The third-order valence-electron chi connectivity index (χ3n) is 5.74. The number of carbonyl (C=O) groups excluding carboxylic acids is 2. The fraction of sp³-hybridized carbons (Fsp3) is 0.103. The van der Waals surface area contributed by atoms with Crippen LogP contribution in [-0.4, -0.2) is 11.8 Å². The van der Waals surface area contributed by atoms with Crippen molar-refractivity contribution in [1.82, 2.24) is 5.32 Å². The van der Waals surface area contributed by atoms with E-state index in [1.165, 1.54) is 0 Å². The van der Waals surface area contributed by atoms with Crippen molar-refractivity contribution in [3.05, 3.63) is 138 Å². The molecule has 0 aliphatic carbocycles. The van der Waals surface area contributed by atoms with Gasteiger partial charge >= 0.3 is 0 Å². The summed E-state index contributed by atoms with van der Waals surface area (Å²) in [6.07, 6.45) is 0.0356. The average Bonchev–Trinajstić information content (AvgIpc) is 2.86. The number of nitrogens with one attached hydrogen (secondary N) is 2. The van der Waals surface area contributed by atoms with Gasteiger partial charge in [0.1, 0.15) is 0 Å². The van der Waals surface area contributed by atoms with Crippen LogP contribution in [0.5, 0.6) is 0 Å². The van der Waals surface area contributed by atoms with Gasteiger partial charge in [0, 0.05) is 11.3 Å². The van der Waals surface area contributed by atoms with Crippen LogP contribution in [0.25, 0.3) is 0 Å². The summed E-state index contributed by atoms with van der Waals surface area (Å²) in [5.41, 5.74) is 2.88. The van der Waals surface area contributed by atoms with Crippen LogP contribution in [0.3, 0.4) is 0 Å². The number of rotatable bonds is 7. The Kier molecular flexibility index (Phi) is 6.65. The first-order valence-electron chi connectivity index (χ1n) is 10.9. The first kappa shape index (κ1) is 22.0. The summed E-state index contributed by atoms with van der Waals surface area (Å²) in [6, 6.07) is 36.0. The highest BCUT2D eigenvalue weighted by atomic mass is 16.2. The molecule has 0 aliphatic rings. The normalized spacial score (nSPS) is 10.9. The molecular formula is C29H26N2O2. The van der Waals surface area contributed by atoms with E-state index in [2.05, 4.69) is 10.6 Å². The van der Waals surface area contributed by atoms with Crippen LogP contribution in [0.4, 0.5) is 5.69 Å². The molecule has 0 aromatic heterocycles. The third-order valence-corrected chi connectivity index (χ3v) is 5.74. The predicted molar refractivity (Wildman–Crippen MR) is 132 cm³/mol. The van der Waals surface area contributed by atoms with Crippen molar-refractivity contribution >= 4 is 17.5 Å². The molecule has 0 radical (unpaired) electrons. The second kappa shape index (κ2) is 9.96. The van der Waals surface area contributed by atoms with Crippen molar-refractivity contribution in [2.45, 2.75) is 18.9 Å². The molecule has 33 heavy (non-hydrogen) atoms. The highest BCUT2D eigenvalue weighted by molar-refractivity contribution is 5.97. The summed E-state index contributed by atoms with van der Waals surface area (Å²) in [5, 5.41) is 6.24. The fourth-order valence-corrected chi connectivity index (χ4v) is 4.01. The predicted octanol–water partition coefficient (Wildman–Crippen LogP) is 5.70. The van der Waals surface area contributed by atoms with Crippen molar-refractivity contribution in [3.8, 4) is 0 Å². The second-order valence-electron chi connectivity index (χ2n) is 8.00. The molecule has 2 amide bonds. The summed E-state index contributed by atoms with van der Waals surface area (Å²) in [5.74, 6) is -0.433. The number of hydrogen-bond acceptors (Lipinski definition) is 2. The Balaban J connectivity index is 1.78. The fourth-order valence-electron chi connectivity index (χ4n) is 4.01. The maximum Gasteiger partial charge on any atom is 0.252 e. The van der Waals surface area contributed by atoms with Gasteiger partial charge in [-0.05, 0) is 41.8 Å². The zero-order valence-electron chi connectivity index (χ0n) is 18.5. The number of amides is 2. The molecule has 0 fully saturated rings. The van der Waals surface area contributed by atoms with Crippen LogP contribution in [0.2, 0.25) is 0 Å². The molecule has 0 atom stereocenters. The number of carbonyl (C=O) groups is 2. The zero-order valence-corrected chi connectivity index (χ0v) is 18.5. The lowest BCUT2D eigenvalue weighted by molar-refractivity contribution is -0.117.